The van der Waals surface area contributed by atoms with Crippen molar-refractivity contribution in [3.63, 3.8) is 0 Å². The topological polar surface area (TPSA) is 32.3 Å². The van der Waals surface area contributed by atoms with Crippen LogP contribution in [0.2, 0.25) is 0 Å². The molecule has 2 N–H and O–H groups in total. The lowest BCUT2D eigenvalue weighted by atomic mass is 10.2. The Bertz CT molecular complexity index is 203. The SMILES string of the molecule is Cl.OCCCNCc1ccccc1. The lowest BCUT2D eigenvalue weighted by Gasteiger charge is -2.02. The molecule has 3 heteroatoms. The fourth-order valence-electron chi connectivity index (χ4n) is 1.03. The molecule has 0 atom stereocenters. The van der Waals surface area contributed by atoms with Crippen LogP contribution in [0.25, 0.3) is 0 Å². The zero-order chi connectivity index (χ0) is 8.65. The third-order valence-corrected chi connectivity index (χ3v) is 1.68. The fourth-order valence-corrected chi connectivity index (χ4v) is 1.03. The summed E-state index contributed by atoms with van der Waals surface area (Å²) < 4.78 is 0. The van der Waals surface area contributed by atoms with Crippen molar-refractivity contribution in [2.75, 3.05) is 13.2 Å². The highest BCUT2D eigenvalue weighted by molar-refractivity contribution is 5.85. The molecule has 0 unspecified atom stereocenters. The molecule has 0 saturated carbocycles. The van der Waals surface area contributed by atoms with Crippen LogP contribution in [0.4, 0.5) is 0 Å². The van der Waals surface area contributed by atoms with Gasteiger partial charge in [-0.3, -0.25) is 0 Å². The predicted molar refractivity (Wildman–Crippen MR) is 57.1 cm³/mol. The molecule has 0 aliphatic rings. The molecule has 0 aliphatic heterocycles. The van der Waals surface area contributed by atoms with Gasteiger partial charge in [-0.05, 0) is 18.5 Å². The van der Waals surface area contributed by atoms with Crippen LogP contribution >= 0.6 is 12.4 Å². The van der Waals surface area contributed by atoms with Gasteiger partial charge in [0.05, 0.1) is 0 Å². The lowest BCUT2D eigenvalue weighted by molar-refractivity contribution is 0.286. The molecule has 13 heavy (non-hydrogen) atoms. The van der Waals surface area contributed by atoms with E-state index < -0.39 is 0 Å². The molecule has 0 amide bonds. The van der Waals surface area contributed by atoms with Crippen LogP contribution < -0.4 is 5.32 Å². The molecule has 0 bridgehead atoms. The highest BCUT2D eigenvalue weighted by Gasteiger charge is 1.89. The molecule has 2 nitrogen and oxygen atoms in total. The van der Waals surface area contributed by atoms with Gasteiger partial charge in [-0.25, -0.2) is 0 Å². The summed E-state index contributed by atoms with van der Waals surface area (Å²) in [5, 5.41) is 11.8. The van der Waals surface area contributed by atoms with Gasteiger partial charge in [-0.15, -0.1) is 12.4 Å². The summed E-state index contributed by atoms with van der Waals surface area (Å²) in [5.41, 5.74) is 1.29. The van der Waals surface area contributed by atoms with Crippen LogP contribution in [0.1, 0.15) is 12.0 Å². The second-order valence-corrected chi connectivity index (χ2v) is 2.74. The van der Waals surface area contributed by atoms with E-state index in [-0.39, 0.29) is 19.0 Å². The van der Waals surface area contributed by atoms with Crippen LogP contribution in [-0.4, -0.2) is 18.3 Å². The Hall–Kier alpha value is -0.570. The average Bonchev–Trinajstić information content (AvgIpc) is 2.14. The van der Waals surface area contributed by atoms with Crippen molar-refractivity contribution in [3.8, 4) is 0 Å². The maximum atomic E-state index is 8.52. The van der Waals surface area contributed by atoms with Gasteiger partial charge >= 0.3 is 0 Å². The fraction of sp³-hybridized carbons (Fsp3) is 0.400. The number of rotatable bonds is 5. The van der Waals surface area contributed by atoms with E-state index in [0.29, 0.717) is 0 Å². The standard InChI is InChI=1S/C10H15NO.ClH/c12-8-4-7-11-9-10-5-2-1-3-6-10;/h1-3,5-6,11-12H,4,7-9H2;1H. The largest absolute Gasteiger partial charge is 0.396 e. The van der Waals surface area contributed by atoms with E-state index >= 15 is 0 Å². The third-order valence-electron chi connectivity index (χ3n) is 1.68. The molecule has 1 aromatic rings. The molecule has 0 spiro atoms. The van der Waals surface area contributed by atoms with Gasteiger partial charge in [-0.2, -0.15) is 0 Å². The smallest absolute Gasteiger partial charge is 0.0443 e. The number of hydrogen-bond acceptors (Lipinski definition) is 2. The van der Waals surface area contributed by atoms with Crippen LogP contribution in [0.3, 0.4) is 0 Å². The number of aliphatic hydroxyl groups is 1. The maximum absolute atomic E-state index is 8.52. The Balaban J connectivity index is 0.00000144. The van der Waals surface area contributed by atoms with Crippen LogP contribution in [0.15, 0.2) is 30.3 Å². The molecule has 0 aromatic heterocycles. The highest BCUT2D eigenvalue weighted by Crippen LogP contribution is 1.96. The van der Waals surface area contributed by atoms with Gasteiger partial charge < -0.3 is 10.4 Å². The molecular weight excluding hydrogens is 186 g/mol. The van der Waals surface area contributed by atoms with Gasteiger partial charge in [0.1, 0.15) is 0 Å². The molecule has 0 aliphatic carbocycles. The van der Waals surface area contributed by atoms with Crippen molar-refractivity contribution < 1.29 is 5.11 Å². The van der Waals surface area contributed by atoms with Crippen molar-refractivity contribution >= 4 is 12.4 Å². The van der Waals surface area contributed by atoms with Crippen LogP contribution in [0.5, 0.6) is 0 Å². The summed E-state index contributed by atoms with van der Waals surface area (Å²) in [7, 11) is 0. The Kier molecular flexibility index (Phi) is 7.69. The van der Waals surface area contributed by atoms with Crippen molar-refractivity contribution in [3.05, 3.63) is 35.9 Å². The van der Waals surface area contributed by atoms with Gasteiger partial charge in [0.2, 0.25) is 0 Å². The molecule has 74 valence electrons. The number of aliphatic hydroxyl groups excluding tert-OH is 1. The highest BCUT2D eigenvalue weighted by atomic mass is 35.5. The molecule has 0 radical (unpaired) electrons. The van der Waals surface area contributed by atoms with E-state index in [9.17, 15) is 0 Å². The molecule has 1 aromatic carbocycles. The average molecular weight is 202 g/mol. The van der Waals surface area contributed by atoms with Gasteiger partial charge in [-0.1, -0.05) is 30.3 Å². The molecule has 0 saturated heterocycles. The second-order valence-electron chi connectivity index (χ2n) is 2.74. The van der Waals surface area contributed by atoms with E-state index in [1.165, 1.54) is 5.56 Å². The van der Waals surface area contributed by atoms with Gasteiger partial charge in [0.15, 0.2) is 0 Å². The van der Waals surface area contributed by atoms with Crippen molar-refractivity contribution in [1.82, 2.24) is 5.32 Å². The maximum Gasteiger partial charge on any atom is 0.0443 e. The first-order valence-corrected chi connectivity index (χ1v) is 4.29. The summed E-state index contributed by atoms with van der Waals surface area (Å²) in [6.45, 7) is 2.04. The van der Waals surface area contributed by atoms with Gasteiger partial charge in [0.25, 0.3) is 0 Å². The Morgan fingerprint density at radius 1 is 1.15 bits per heavy atom. The van der Waals surface area contributed by atoms with E-state index in [4.69, 9.17) is 5.11 Å². The Morgan fingerprint density at radius 3 is 2.46 bits per heavy atom. The number of benzene rings is 1. The zero-order valence-electron chi connectivity index (χ0n) is 7.57. The van der Waals surface area contributed by atoms with Crippen LogP contribution in [-0.2, 0) is 6.54 Å². The quantitative estimate of drug-likeness (QED) is 0.710. The minimum atomic E-state index is 0. The van der Waals surface area contributed by atoms with E-state index in [0.717, 1.165) is 19.5 Å². The Morgan fingerprint density at radius 2 is 1.85 bits per heavy atom. The minimum absolute atomic E-state index is 0. The van der Waals surface area contributed by atoms with Gasteiger partial charge in [0, 0.05) is 13.2 Å². The number of hydrogen-bond donors (Lipinski definition) is 2. The van der Waals surface area contributed by atoms with E-state index in [1.807, 2.05) is 18.2 Å². The van der Waals surface area contributed by atoms with E-state index in [2.05, 4.69) is 17.4 Å². The summed E-state index contributed by atoms with van der Waals surface area (Å²) in [6, 6.07) is 10.3. The molecule has 1 rings (SSSR count). The molecule has 0 heterocycles. The van der Waals surface area contributed by atoms with E-state index in [1.54, 1.807) is 0 Å². The van der Waals surface area contributed by atoms with Crippen LogP contribution in [0, 0.1) is 0 Å². The van der Waals surface area contributed by atoms with Crippen molar-refractivity contribution in [2.45, 2.75) is 13.0 Å². The summed E-state index contributed by atoms with van der Waals surface area (Å²) in [6.07, 6.45) is 0.826. The normalized spacial score (nSPS) is 9.31. The summed E-state index contributed by atoms with van der Waals surface area (Å²) in [4.78, 5) is 0. The second kappa shape index (κ2) is 8.05. The minimum Gasteiger partial charge on any atom is -0.396 e. The number of halogens is 1. The molecular formula is C10H16ClNO. The molecule has 0 fully saturated rings. The van der Waals surface area contributed by atoms with Crippen molar-refractivity contribution in [1.29, 1.82) is 0 Å². The van der Waals surface area contributed by atoms with Crippen molar-refractivity contribution in [2.24, 2.45) is 0 Å². The lowest BCUT2D eigenvalue weighted by Crippen LogP contribution is -2.15. The summed E-state index contributed by atoms with van der Waals surface area (Å²) in [5.74, 6) is 0. The predicted octanol–water partition coefficient (Wildman–Crippen LogP) is 1.58. The Labute approximate surface area is 85.4 Å². The monoisotopic (exact) mass is 201 g/mol. The summed E-state index contributed by atoms with van der Waals surface area (Å²) >= 11 is 0. The third kappa shape index (κ3) is 5.64. The first-order valence-electron chi connectivity index (χ1n) is 4.29. The number of nitrogens with one attached hydrogen (secondary N) is 1. The first-order chi connectivity index (χ1) is 5.93. The first kappa shape index (κ1) is 12.4. The zero-order valence-corrected chi connectivity index (χ0v) is 8.39.